The van der Waals surface area contributed by atoms with Gasteiger partial charge in [-0.05, 0) is 25.3 Å². The molecule has 1 aromatic rings. The highest BCUT2D eigenvalue weighted by atomic mass is 16.3. The molecule has 3 N–H and O–H groups in total. The van der Waals surface area contributed by atoms with Crippen LogP contribution in [0.25, 0.3) is 0 Å². The van der Waals surface area contributed by atoms with E-state index in [-0.39, 0.29) is 24.1 Å². The van der Waals surface area contributed by atoms with Crippen molar-refractivity contribution in [2.45, 2.75) is 33.2 Å². The molecule has 1 heterocycles. The molecule has 2 amide bonds. The molecule has 0 fully saturated rings. The Morgan fingerprint density at radius 2 is 2.15 bits per heavy atom. The van der Waals surface area contributed by atoms with Crippen molar-refractivity contribution in [1.82, 2.24) is 9.88 Å². The largest absolute Gasteiger partial charge is 0.396 e. The summed E-state index contributed by atoms with van der Waals surface area (Å²) in [6.45, 7) is 5.10. The van der Waals surface area contributed by atoms with Crippen molar-refractivity contribution in [3.05, 3.63) is 28.7 Å². The molecule has 1 unspecified atom stereocenters. The first kappa shape index (κ1) is 16.2. The molecule has 0 saturated heterocycles. The van der Waals surface area contributed by atoms with Crippen molar-refractivity contribution in [3.63, 3.8) is 0 Å². The van der Waals surface area contributed by atoms with Gasteiger partial charge in [0.05, 0.1) is 5.69 Å². The number of nitrogens with zero attached hydrogens (tertiary/aromatic N) is 1. The number of urea groups is 1. The molecule has 0 aliphatic rings. The van der Waals surface area contributed by atoms with Crippen LogP contribution in [0.15, 0.2) is 23.1 Å². The van der Waals surface area contributed by atoms with Crippen molar-refractivity contribution in [3.8, 4) is 0 Å². The summed E-state index contributed by atoms with van der Waals surface area (Å²) in [7, 11) is 0. The quantitative estimate of drug-likeness (QED) is 0.706. The molecule has 1 atom stereocenters. The summed E-state index contributed by atoms with van der Waals surface area (Å²) in [5, 5.41) is 14.4. The molecule has 20 heavy (non-hydrogen) atoms. The zero-order chi connectivity index (χ0) is 15.0. The van der Waals surface area contributed by atoms with Crippen molar-refractivity contribution in [1.29, 1.82) is 0 Å². The maximum atomic E-state index is 11.7. The van der Waals surface area contributed by atoms with Crippen LogP contribution in [0.5, 0.6) is 0 Å². The third-order valence-corrected chi connectivity index (χ3v) is 3.25. The van der Waals surface area contributed by atoms with Gasteiger partial charge in [0.1, 0.15) is 0 Å². The first-order chi connectivity index (χ1) is 9.60. The van der Waals surface area contributed by atoms with E-state index >= 15 is 0 Å². The molecule has 0 saturated carbocycles. The average molecular weight is 281 g/mol. The highest BCUT2D eigenvalue weighted by Gasteiger charge is 2.08. The van der Waals surface area contributed by atoms with Gasteiger partial charge in [0.25, 0.3) is 5.56 Å². The maximum absolute atomic E-state index is 11.7. The van der Waals surface area contributed by atoms with Crippen LogP contribution in [0.3, 0.4) is 0 Å². The fourth-order valence-electron chi connectivity index (χ4n) is 1.90. The smallest absolute Gasteiger partial charge is 0.319 e. The second-order valence-electron chi connectivity index (χ2n) is 4.66. The number of anilines is 1. The van der Waals surface area contributed by atoms with Crippen molar-refractivity contribution in [2.75, 3.05) is 18.5 Å². The maximum Gasteiger partial charge on any atom is 0.319 e. The van der Waals surface area contributed by atoms with E-state index in [1.165, 1.54) is 10.6 Å². The molecular weight excluding hydrogens is 258 g/mol. The summed E-state index contributed by atoms with van der Waals surface area (Å²) in [6, 6.07) is 2.71. The highest BCUT2D eigenvalue weighted by Crippen LogP contribution is 2.06. The number of nitrogens with one attached hydrogen (secondary N) is 2. The number of carbonyl (C=O) groups is 1. The molecule has 0 radical (unpaired) electrons. The molecular formula is C14H23N3O3. The summed E-state index contributed by atoms with van der Waals surface area (Å²) in [6.07, 6.45) is 3.20. The zero-order valence-electron chi connectivity index (χ0n) is 12.1. The van der Waals surface area contributed by atoms with Gasteiger partial charge in [-0.15, -0.1) is 0 Å². The van der Waals surface area contributed by atoms with E-state index in [1.807, 2.05) is 13.8 Å². The molecule has 112 valence electrons. The Balaban J connectivity index is 2.52. The van der Waals surface area contributed by atoms with Gasteiger partial charge in [0.2, 0.25) is 0 Å². The Hall–Kier alpha value is -1.82. The van der Waals surface area contributed by atoms with Crippen LogP contribution < -0.4 is 16.2 Å². The molecule has 6 nitrogen and oxygen atoms in total. The fourth-order valence-corrected chi connectivity index (χ4v) is 1.90. The molecule has 1 rings (SSSR count). The van der Waals surface area contributed by atoms with Gasteiger partial charge in [-0.2, -0.15) is 0 Å². The fraction of sp³-hybridized carbons (Fsp3) is 0.571. The third kappa shape index (κ3) is 5.05. The number of carbonyl (C=O) groups excluding carboxylic acids is 1. The Bertz CT molecular complexity index is 485. The predicted octanol–water partition coefficient (Wildman–Crippen LogP) is 1.40. The Labute approximate surface area is 118 Å². The SMILES string of the molecule is CCC(CCO)CNC(=O)Nc1ccc(=O)n(CC)c1. The number of rotatable bonds is 7. The van der Waals surface area contributed by atoms with Crippen molar-refractivity contribution in [2.24, 2.45) is 5.92 Å². The molecule has 1 aromatic heterocycles. The van der Waals surface area contributed by atoms with Crippen molar-refractivity contribution < 1.29 is 9.90 Å². The summed E-state index contributed by atoms with van der Waals surface area (Å²) >= 11 is 0. The van der Waals surface area contributed by atoms with E-state index in [2.05, 4.69) is 10.6 Å². The molecule has 6 heteroatoms. The van der Waals surface area contributed by atoms with Gasteiger partial charge >= 0.3 is 6.03 Å². The number of aromatic nitrogens is 1. The molecule has 0 spiro atoms. The molecule has 0 bridgehead atoms. The van der Waals surface area contributed by atoms with E-state index in [0.29, 0.717) is 25.2 Å². The molecule has 0 aromatic carbocycles. The number of hydrogen-bond acceptors (Lipinski definition) is 3. The molecule has 0 aliphatic heterocycles. The van der Waals surface area contributed by atoms with E-state index in [0.717, 1.165) is 6.42 Å². The monoisotopic (exact) mass is 281 g/mol. The highest BCUT2D eigenvalue weighted by molar-refractivity contribution is 5.88. The van der Waals surface area contributed by atoms with Gasteiger partial charge in [0, 0.05) is 32.0 Å². The predicted molar refractivity (Wildman–Crippen MR) is 78.9 cm³/mol. The summed E-state index contributed by atoms with van der Waals surface area (Å²) in [5.74, 6) is 0.273. The van der Waals surface area contributed by atoms with Gasteiger partial charge in [-0.1, -0.05) is 13.3 Å². The number of aryl methyl sites for hydroxylation is 1. The number of aliphatic hydroxyl groups is 1. The third-order valence-electron chi connectivity index (χ3n) is 3.25. The summed E-state index contributed by atoms with van der Waals surface area (Å²) < 4.78 is 1.52. The van der Waals surface area contributed by atoms with Gasteiger partial charge < -0.3 is 20.3 Å². The first-order valence-corrected chi connectivity index (χ1v) is 6.96. The van der Waals surface area contributed by atoms with E-state index in [1.54, 1.807) is 12.3 Å². The Morgan fingerprint density at radius 1 is 1.40 bits per heavy atom. The lowest BCUT2D eigenvalue weighted by molar-refractivity contribution is 0.238. The van der Waals surface area contributed by atoms with Crippen LogP contribution in [0.4, 0.5) is 10.5 Å². The van der Waals surface area contributed by atoms with Gasteiger partial charge in [0.15, 0.2) is 0 Å². The van der Waals surface area contributed by atoms with Crippen LogP contribution >= 0.6 is 0 Å². The minimum atomic E-state index is -0.303. The number of amides is 2. The second-order valence-corrected chi connectivity index (χ2v) is 4.66. The van der Waals surface area contributed by atoms with Crippen LogP contribution in [-0.4, -0.2) is 28.9 Å². The number of pyridine rings is 1. The van der Waals surface area contributed by atoms with E-state index in [4.69, 9.17) is 5.11 Å². The lowest BCUT2D eigenvalue weighted by Gasteiger charge is -2.15. The normalized spacial score (nSPS) is 11.9. The van der Waals surface area contributed by atoms with Crippen LogP contribution in [0.2, 0.25) is 0 Å². The minimum absolute atomic E-state index is 0.0903. The topological polar surface area (TPSA) is 83.4 Å². The van der Waals surface area contributed by atoms with Gasteiger partial charge in [-0.25, -0.2) is 4.79 Å². The van der Waals surface area contributed by atoms with Crippen molar-refractivity contribution >= 4 is 11.7 Å². The average Bonchev–Trinajstić information content (AvgIpc) is 2.45. The van der Waals surface area contributed by atoms with Crippen LogP contribution in [0, 0.1) is 5.92 Å². The zero-order valence-corrected chi connectivity index (χ0v) is 12.1. The second kappa shape index (κ2) is 8.37. The Kier molecular flexibility index (Phi) is 6.79. The van der Waals surface area contributed by atoms with Gasteiger partial charge in [-0.3, -0.25) is 4.79 Å². The lowest BCUT2D eigenvalue weighted by atomic mass is 10.0. The first-order valence-electron chi connectivity index (χ1n) is 6.96. The number of aliphatic hydroxyl groups excluding tert-OH is 1. The summed E-state index contributed by atoms with van der Waals surface area (Å²) in [4.78, 5) is 23.2. The standard InChI is InChI=1S/C14H23N3O3/c1-3-11(7-8-18)9-15-14(20)16-12-5-6-13(19)17(4-2)10-12/h5-6,10-11,18H,3-4,7-9H2,1-2H3,(H2,15,16,20). The summed E-state index contributed by atoms with van der Waals surface area (Å²) in [5.41, 5.74) is 0.492. The van der Waals surface area contributed by atoms with E-state index < -0.39 is 0 Å². The minimum Gasteiger partial charge on any atom is -0.396 e. The molecule has 0 aliphatic carbocycles. The van der Waals surface area contributed by atoms with E-state index in [9.17, 15) is 9.59 Å². The lowest BCUT2D eigenvalue weighted by Crippen LogP contribution is -2.33. The van der Waals surface area contributed by atoms with Crippen LogP contribution in [-0.2, 0) is 6.54 Å². The Morgan fingerprint density at radius 3 is 2.75 bits per heavy atom. The van der Waals surface area contributed by atoms with Crippen LogP contribution in [0.1, 0.15) is 26.7 Å². The number of hydrogen-bond donors (Lipinski definition) is 3.